The van der Waals surface area contributed by atoms with Gasteiger partial charge in [0.2, 0.25) is 5.91 Å². The van der Waals surface area contributed by atoms with Crippen molar-refractivity contribution in [2.45, 2.75) is 51.7 Å². The third-order valence-electron chi connectivity index (χ3n) is 5.50. The molecule has 4 aromatic rings. The number of pyridine rings is 1. The summed E-state index contributed by atoms with van der Waals surface area (Å²) in [4.78, 5) is 17.1. The maximum Gasteiger partial charge on any atom is 0.235 e. The Morgan fingerprint density at radius 3 is 2.44 bits per heavy atom. The summed E-state index contributed by atoms with van der Waals surface area (Å²) in [7, 11) is 0. The fraction of sp³-hybridized carbons (Fsp3) is 0.320. The summed E-state index contributed by atoms with van der Waals surface area (Å²) in [5.41, 5.74) is 4.37. The smallest absolute Gasteiger partial charge is 0.235 e. The molecule has 0 radical (unpaired) electrons. The highest BCUT2D eigenvalue weighted by molar-refractivity contribution is 7.99. The first-order valence-corrected chi connectivity index (χ1v) is 12.4. The van der Waals surface area contributed by atoms with Gasteiger partial charge in [-0.15, -0.1) is 10.2 Å². The van der Waals surface area contributed by atoms with Gasteiger partial charge >= 0.3 is 0 Å². The van der Waals surface area contributed by atoms with Crippen LogP contribution in [0.25, 0.3) is 17.1 Å². The first-order valence-electron chi connectivity index (χ1n) is 11.5. The number of aromatic nitrogens is 6. The molecule has 0 unspecified atom stereocenters. The van der Waals surface area contributed by atoms with Crippen molar-refractivity contribution in [1.29, 1.82) is 0 Å². The van der Waals surface area contributed by atoms with E-state index in [1.165, 1.54) is 22.9 Å². The molecule has 0 aliphatic rings. The molecule has 34 heavy (non-hydrogen) atoms. The number of carbonyl (C=O) groups excluding carboxylic acids is 1. The van der Waals surface area contributed by atoms with E-state index in [2.05, 4.69) is 62.2 Å². The number of hydrogen-bond donors (Lipinski definition) is 1. The zero-order valence-corrected chi connectivity index (χ0v) is 20.7. The maximum atomic E-state index is 12.8. The molecule has 1 aromatic carbocycles. The minimum atomic E-state index is -0.121. The molecule has 9 heteroatoms. The molecule has 3 heterocycles. The van der Waals surface area contributed by atoms with Crippen molar-refractivity contribution < 1.29 is 4.79 Å². The van der Waals surface area contributed by atoms with Crippen molar-refractivity contribution in [1.82, 2.24) is 29.5 Å². The van der Waals surface area contributed by atoms with Crippen molar-refractivity contribution in [3.8, 4) is 17.1 Å². The highest BCUT2D eigenvalue weighted by Crippen LogP contribution is 2.32. The van der Waals surface area contributed by atoms with E-state index in [1.807, 2.05) is 26.0 Å². The van der Waals surface area contributed by atoms with Crippen LogP contribution in [0, 0.1) is 0 Å². The Labute approximate surface area is 203 Å². The monoisotopic (exact) mass is 475 g/mol. The van der Waals surface area contributed by atoms with E-state index in [-0.39, 0.29) is 17.7 Å². The number of aryl methyl sites for hydroxylation is 2. The van der Waals surface area contributed by atoms with Crippen LogP contribution in [0.4, 0.5) is 5.82 Å². The Hall–Kier alpha value is -3.46. The van der Waals surface area contributed by atoms with E-state index in [0.717, 1.165) is 24.1 Å². The van der Waals surface area contributed by atoms with Crippen LogP contribution in [-0.2, 0) is 17.6 Å². The number of anilines is 1. The summed E-state index contributed by atoms with van der Waals surface area (Å²) >= 11 is 1.37. The number of thioether (sulfide) groups is 1. The van der Waals surface area contributed by atoms with Gasteiger partial charge in [0.1, 0.15) is 5.82 Å². The fourth-order valence-corrected chi connectivity index (χ4v) is 4.62. The van der Waals surface area contributed by atoms with Crippen molar-refractivity contribution in [2.24, 2.45) is 0 Å². The minimum Gasteiger partial charge on any atom is -0.310 e. The zero-order valence-electron chi connectivity index (χ0n) is 19.9. The number of amides is 1. The number of rotatable bonds is 9. The van der Waals surface area contributed by atoms with Gasteiger partial charge in [0.15, 0.2) is 11.0 Å². The third kappa shape index (κ3) is 4.89. The largest absolute Gasteiger partial charge is 0.310 e. The number of nitrogens with one attached hydrogen (secondary N) is 1. The van der Waals surface area contributed by atoms with Gasteiger partial charge in [-0.3, -0.25) is 14.3 Å². The molecule has 0 saturated heterocycles. The maximum absolute atomic E-state index is 12.8. The molecule has 176 valence electrons. The Kier molecular flexibility index (Phi) is 7.42. The van der Waals surface area contributed by atoms with Gasteiger partial charge in [-0.05, 0) is 49.9 Å². The summed E-state index contributed by atoms with van der Waals surface area (Å²) in [6, 6.07) is 12.2. The SMILES string of the molecule is CCc1cccc(CC)c1-n1c(SCC(=O)Nc2ccnn2C(C)C)nnc1-c1cccnc1. The number of carbonyl (C=O) groups is 1. The van der Waals surface area contributed by atoms with E-state index in [4.69, 9.17) is 0 Å². The lowest BCUT2D eigenvalue weighted by Crippen LogP contribution is -2.18. The molecule has 0 bridgehead atoms. The second kappa shape index (κ2) is 10.6. The van der Waals surface area contributed by atoms with Crippen LogP contribution in [0.5, 0.6) is 0 Å². The molecule has 0 fully saturated rings. The lowest BCUT2D eigenvalue weighted by atomic mass is 10.0. The number of nitrogens with zero attached hydrogens (tertiary/aromatic N) is 6. The third-order valence-corrected chi connectivity index (χ3v) is 6.43. The van der Waals surface area contributed by atoms with Gasteiger partial charge in [0.05, 0.1) is 17.6 Å². The van der Waals surface area contributed by atoms with Crippen LogP contribution in [0.2, 0.25) is 0 Å². The van der Waals surface area contributed by atoms with E-state index in [1.54, 1.807) is 29.3 Å². The molecule has 0 aliphatic carbocycles. The van der Waals surface area contributed by atoms with Crippen LogP contribution >= 0.6 is 11.8 Å². The molecular weight excluding hydrogens is 446 g/mol. The standard InChI is InChI=1S/C25H29N7OS/c1-5-18-9-7-10-19(6-2)23(18)31-24(20-11-8-13-26-15-20)29-30-25(31)34-16-22(33)28-21-12-14-27-32(21)17(3)4/h7-15,17H,5-6,16H2,1-4H3,(H,28,33). The number of para-hydroxylation sites is 1. The molecular formula is C25H29N7OS. The zero-order chi connectivity index (χ0) is 24.1. The van der Waals surface area contributed by atoms with Crippen LogP contribution < -0.4 is 5.32 Å². The highest BCUT2D eigenvalue weighted by Gasteiger charge is 2.21. The first kappa shape index (κ1) is 23.7. The van der Waals surface area contributed by atoms with Crippen molar-refractivity contribution in [3.63, 3.8) is 0 Å². The second-order valence-corrected chi connectivity index (χ2v) is 9.05. The van der Waals surface area contributed by atoms with E-state index in [0.29, 0.717) is 16.8 Å². The molecule has 8 nitrogen and oxygen atoms in total. The molecule has 0 saturated carbocycles. The summed E-state index contributed by atoms with van der Waals surface area (Å²) in [6.07, 6.45) is 6.96. The van der Waals surface area contributed by atoms with Crippen LogP contribution in [0.15, 0.2) is 60.1 Å². The number of benzene rings is 1. The lowest BCUT2D eigenvalue weighted by Gasteiger charge is -2.18. The van der Waals surface area contributed by atoms with Gasteiger partial charge in [0, 0.05) is 30.1 Å². The Morgan fingerprint density at radius 1 is 1.03 bits per heavy atom. The Balaban J connectivity index is 1.68. The summed E-state index contributed by atoms with van der Waals surface area (Å²) < 4.78 is 3.86. The second-order valence-electron chi connectivity index (χ2n) is 8.11. The van der Waals surface area contributed by atoms with E-state index in [9.17, 15) is 4.79 Å². The molecule has 1 N–H and O–H groups in total. The lowest BCUT2D eigenvalue weighted by molar-refractivity contribution is -0.113. The van der Waals surface area contributed by atoms with Gasteiger partial charge in [-0.2, -0.15) is 5.10 Å². The van der Waals surface area contributed by atoms with Crippen LogP contribution in [-0.4, -0.2) is 41.2 Å². The van der Waals surface area contributed by atoms with Gasteiger partial charge in [-0.1, -0.05) is 43.8 Å². The fourth-order valence-electron chi connectivity index (χ4n) is 3.88. The molecule has 4 rings (SSSR count). The first-order chi connectivity index (χ1) is 16.5. The molecule has 0 spiro atoms. The van der Waals surface area contributed by atoms with Crippen molar-refractivity contribution in [3.05, 3.63) is 66.1 Å². The molecule has 0 aliphatic heterocycles. The topological polar surface area (TPSA) is 90.5 Å². The van der Waals surface area contributed by atoms with Gasteiger partial charge in [0.25, 0.3) is 0 Å². The molecule has 0 atom stereocenters. The van der Waals surface area contributed by atoms with E-state index >= 15 is 0 Å². The van der Waals surface area contributed by atoms with Gasteiger partial charge in [-0.25, -0.2) is 4.68 Å². The predicted octanol–water partition coefficient (Wildman–Crippen LogP) is 4.96. The van der Waals surface area contributed by atoms with Crippen molar-refractivity contribution in [2.75, 3.05) is 11.1 Å². The minimum absolute atomic E-state index is 0.121. The Morgan fingerprint density at radius 2 is 1.79 bits per heavy atom. The number of hydrogen-bond acceptors (Lipinski definition) is 6. The van der Waals surface area contributed by atoms with Gasteiger partial charge < -0.3 is 5.32 Å². The molecule has 3 aromatic heterocycles. The predicted molar refractivity (Wildman–Crippen MR) is 135 cm³/mol. The molecule has 1 amide bonds. The summed E-state index contributed by atoms with van der Waals surface area (Å²) in [5.74, 6) is 1.47. The normalized spacial score (nSPS) is 11.2. The van der Waals surface area contributed by atoms with Crippen molar-refractivity contribution >= 4 is 23.5 Å². The summed E-state index contributed by atoms with van der Waals surface area (Å²) in [6.45, 7) is 8.34. The summed E-state index contributed by atoms with van der Waals surface area (Å²) in [5, 5.41) is 16.9. The quantitative estimate of drug-likeness (QED) is 0.344. The van der Waals surface area contributed by atoms with Crippen LogP contribution in [0.1, 0.15) is 44.9 Å². The average Bonchev–Trinajstić information content (AvgIpc) is 3.49. The Bertz CT molecular complexity index is 1240. The average molecular weight is 476 g/mol. The van der Waals surface area contributed by atoms with E-state index < -0.39 is 0 Å². The van der Waals surface area contributed by atoms with Crippen LogP contribution in [0.3, 0.4) is 0 Å². The highest BCUT2D eigenvalue weighted by atomic mass is 32.2.